The lowest BCUT2D eigenvalue weighted by atomic mass is 10.2. The minimum atomic E-state index is 0.659. The number of fused-ring (bicyclic) bond motifs is 1. The third kappa shape index (κ3) is 1.19. The van der Waals surface area contributed by atoms with Gasteiger partial charge in [0.1, 0.15) is 0 Å². The molecule has 0 aliphatic heterocycles. The molecule has 4 nitrogen and oxygen atoms in total. The van der Waals surface area contributed by atoms with E-state index in [4.69, 9.17) is 0 Å². The van der Waals surface area contributed by atoms with Gasteiger partial charge in [-0.2, -0.15) is 5.10 Å². The van der Waals surface area contributed by atoms with Crippen molar-refractivity contribution in [1.29, 1.82) is 0 Å². The van der Waals surface area contributed by atoms with Crippen LogP contribution >= 0.6 is 0 Å². The van der Waals surface area contributed by atoms with Crippen LogP contribution in [-0.2, 0) is 6.54 Å². The van der Waals surface area contributed by atoms with E-state index < -0.39 is 0 Å². The Kier molecular flexibility index (Phi) is 2.04. The molecule has 0 N–H and O–H groups in total. The summed E-state index contributed by atoms with van der Waals surface area (Å²) in [4.78, 5) is 15.2. The van der Waals surface area contributed by atoms with Crippen molar-refractivity contribution >= 4 is 17.3 Å². The highest BCUT2D eigenvalue weighted by Crippen LogP contribution is 2.16. The van der Waals surface area contributed by atoms with E-state index in [0.29, 0.717) is 5.56 Å². The van der Waals surface area contributed by atoms with Crippen LogP contribution < -0.4 is 0 Å². The molecule has 2 rings (SSSR count). The number of aromatic nitrogens is 3. The topological polar surface area (TPSA) is 47.8 Å². The zero-order valence-electron chi connectivity index (χ0n) is 8.19. The summed E-state index contributed by atoms with van der Waals surface area (Å²) >= 11 is 0. The van der Waals surface area contributed by atoms with Crippen LogP contribution in [0.3, 0.4) is 0 Å². The average molecular weight is 189 g/mol. The quantitative estimate of drug-likeness (QED) is 0.674. The van der Waals surface area contributed by atoms with Crippen molar-refractivity contribution in [3.63, 3.8) is 0 Å². The Labute approximate surface area is 81.6 Å². The molecule has 0 saturated heterocycles. The smallest absolute Gasteiger partial charge is 0.158 e. The molecular formula is C10H11N3O. The zero-order chi connectivity index (χ0) is 10.1. The Hall–Kier alpha value is -1.71. The van der Waals surface area contributed by atoms with Crippen molar-refractivity contribution in [2.45, 2.75) is 20.4 Å². The first-order chi connectivity index (χ1) is 6.76. The Morgan fingerprint density at radius 1 is 1.57 bits per heavy atom. The van der Waals surface area contributed by atoms with Crippen LogP contribution in [0.5, 0.6) is 0 Å². The summed E-state index contributed by atoms with van der Waals surface area (Å²) in [6, 6.07) is 1.77. The fourth-order valence-electron chi connectivity index (χ4n) is 1.53. The minimum Gasteiger partial charge on any atom is -0.298 e. The van der Waals surface area contributed by atoms with Gasteiger partial charge in [0.25, 0.3) is 0 Å². The zero-order valence-corrected chi connectivity index (χ0v) is 8.19. The largest absolute Gasteiger partial charge is 0.298 e. The second-order valence-corrected chi connectivity index (χ2v) is 3.17. The third-order valence-electron chi connectivity index (χ3n) is 2.20. The van der Waals surface area contributed by atoms with Crippen molar-refractivity contribution in [2.24, 2.45) is 0 Å². The predicted molar refractivity (Wildman–Crippen MR) is 53.3 cm³/mol. The van der Waals surface area contributed by atoms with Gasteiger partial charge in [0.2, 0.25) is 0 Å². The van der Waals surface area contributed by atoms with E-state index >= 15 is 0 Å². The standard InChI is InChI=1S/C10H11N3O/c1-3-13-10-9(5-11-13)8(6-14)4-7(2)12-10/h4-6H,3H2,1-2H3. The molecule has 0 atom stereocenters. The van der Waals surface area contributed by atoms with E-state index in [1.54, 1.807) is 16.9 Å². The molecular weight excluding hydrogens is 178 g/mol. The molecule has 0 aromatic carbocycles. The molecule has 14 heavy (non-hydrogen) atoms. The van der Waals surface area contributed by atoms with Crippen molar-refractivity contribution < 1.29 is 4.79 Å². The molecule has 2 heterocycles. The summed E-state index contributed by atoms with van der Waals surface area (Å²) in [6.07, 6.45) is 2.54. The predicted octanol–water partition coefficient (Wildman–Crippen LogP) is 1.57. The SMILES string of the molecule is CCn1ncc2c(C=O)cc(C)nc21. The number of aldehydes is 1. The maximum Gasteiger partial charge on any atom is 0.158 e. The van der Waals surface area contributed by atoms with Gasteiger partial charge in [-0.1, -0.05) is 0 Å². The maximum absolute atomic E-state index is 10.8. The van der Waals surface area contributed by atoms with Crippen molar-refractivity contribution in [1.82, 2.24) is 14.8 Å². The third-order valence-corrected chi connectivity index (χ3v) is 2.20. The van der Waals surface area contributed by atoms with Crippen LogP contribution in [0.15, 0.2) is 12.3 Å². The molecule has 0 aliphatic rings. The van der Waals surface area contributed by atoms with Crippen LogP contribution in [-0.4, -0.2) is 21.1 Å². The van der Waals surface area contributed by atoms with Crippen molar-refractivity contribution in [2.75, 3.05) is 0 Å². The van der Waals surface area contributed by atoms with Crippen LogP contribution in [0, 0.1) is 6.92 Å². The summed E-state index contributed by atoms with van der Waals surface area (Å²) in [6.45, 7) is 4.63. The van der Waals surface area contributed by atoms with Gasteiger partial charge in [-0.3, -0.25) is 4.79 Å². The fraction of sp³-hybridized carbons (Fsp3) is 0.300. The van der Waals surface area contributed by atoms with Crippen LogP contribution in [0.25, 0.3) is 11.0 Å². The molecule has 0 unspecified atom stereocenters. The highest BCUT2D eigenvalue weighted by molar-refractivity contribution is 5.94. The van der Waals surface area contributed by atoms with E-state index in [1.165, 1.54) is 0 Å². The Morgan fingerprint density at radius 2 is 2.36 bits per heavy atom. The Balaban J connectivity index is 2.83. The number of hydrogen-bond donors (Lipinski definition) is 0. The van der Waals surface area contributed by atoms with Crippen LogP contribution in [0.4, 0.5) is 0 Å². The fourth-order valence-corrected chi connectivity index (χ4v) is 1.53. The maximum atomic E-state index is 10.8. The summed E-state index contributed by atoms with van der Waals surface area (Å²) < 4.78 is 1.79. The Bertz CT molecular complexity index is 487. The molecule has 0 aliphatic carbocycles. The van der Waals surface area contributed by atoms with Gasteiger partial charge in [-0.25, -0.2) is 9.67 Å². The van der Waals surface area contributed by atoms with E-state index in [1.807, 2.05) is 13.8 Å². The monoisotopic (exact) mass is 189 g/mol. The van der Waals surface area contributed by atoms with Gasteiger partial charge in [0.05, 0.1) is 6.20 Å². The molecule has 72 valence electrons. The first-order valence-electron chi connectivity index (χ1n) is 4.54. The lowest BCUT2D eigenvalue weighted by Gasteiger charge is -2.00. The molecule has 4 heteroatoms. The number of carbonyl (C=O) groups is 1. The molecule has 0 spiro atoms. The normalized spacial score (nSPS) is 10.7. The molecule has 0 saturated carbocycles. The van der Waals surface area contributed by atoms with E-state index in [0.717, 1.165) is 29.6 Å². The number of pyridine rings is 1. The number of nitrogens with zero attached hydrogens (tertiary/aromatic N) is 3. The second kappa shape index (κ2) is 3.21. The van der Waals surface area contributed by atoms with Gasteiger partial charge >= 0.3 is 0 Å². The van der Waals surface area contributed by atoms with E-state index in [-0.39, 0.29) is 0 Å². The van der Waals surface area contributed by atoms with Crippen molar-refractivity contribution in [3.8, 4) is 0 Å². The molecule has 0 fully saturated rings. The van der Waals surface area contributed by atoms with E-state index in [9.17, 15) is 4.79 Å². The summed E-state index contributed by atoms with van der Waals surface area (Å²) in [5.74, 6) is 0. The van der Waals surface area contributed by atoms with Gasteiger partial charge in [-0.05, 0) is 19.9 Å². The highest BCUT2D eigenvalue weighted by Gasteiger charge is 2.07. The first-order valence-corrected chi connectivity index (χ1v) is 4.54. The molecule has 2 aromatic heterocycles. The number of hydrogen-bond acceptors (Lipinski definition) is 3. The molecule has 0 amide bonds. The second-order valence-electron chi connectivity index (χ2n) is 3.17. The Morgan fingerprint density at radius 3 is 3.00 bits per heavy atom. The molecule has 0 radical (unpaired) electrons. The lowest BCUT2D eigenvalue weighted by molar-refractivity contribution is 0.112. The van der Waals surface area contributed by atoms with E-state index in [2.05, 4.69) is 10.1 Å². The number of rotatable bonds is 2. The van der Waals surface area contributed by atoms with Gasteiger partial charge in [-0.15, -0.1) is 0 Å². The average Bonchev–Trinajstić information content (AvgIpc) is 2.59. The minimum absolute atomic E-state index is 0.659. The van der Waals surface area contributed by atoms with Crippen LogP contribution in [0.2, 0.25) is 0 Å². The van der Waals surface area contributed by atoms with Gasteiger partial charge < -0.3 is 0 Å². The van der Waals surface area contributed by atoms with Crippen molar-refractivity contribution in [3.05, 3.63) is 23.5 Å². The highest BCUT2D eigenvalue weighted by atomic mass is 16.1. The van der Waals surface area contributed by atoms with Gasteiger partial charge in [0, 0.05) is 23.2 Å². The summed E-state index contributed by atoms with van der Waals surface area (Å²) in [5.41, 5.74) is 2.29. The first kappa shape index (κ1) is 8.87. The van der Waals surface area contributed by atoms with Gasteiger partial charge in [0.15, 0.2) is 11.9 Å². The summed E-state index contributed by atoms with van der Waals surface area (Å²) in [5, 5.41) is 4.99. The lowest BCUT2D eigenvalue weighted by Crippen LogP contribution is -1.98. The summed E-state index contributed by atoms with van der Waals surface area (Å²) in [7, 11) is 0. The van der Waals surface area contributed by atoms with Crippen LogP contribution in [0.1, 0.15) is 23.0 Å². The number of aryl methyl sites for hydroxylation is 2. The number of carbonyl (C=O) groups excluding carboxylic acids is 1. The molecule has 0 bridgehead atoms. The molecule has 2 aromatic rings.